The molecule has 0 aromatic heterocycles. The lowest BCUT2D eigenvalue weighted by molar-refractivity contribution is -0.141. The normalized spacial score (nSPS) is 13.9. The van der Waals surface area contributed by atoms with E-state index >= 15 is 0 Å². The fourth-order valence-electron chi connectivity index (χ4n) is 5.76. The van der Waals surface area contributed by atoms with Crippen LogP contribution in [0.4, 0.5) is 0 Å². The van der Waals surface area contributed by atoms with Crippen LogP contribution in [0.25, 0.3) is 0 Å². The molecule has 0 saturated carbocycles. The maximum atomic E-state index is 13.5. The lowest BCUT2D eigenvalue weighted by atomic mass is 10.0. The van der Waals surface area contributed by atoms with Crippen LogP contribution < -0.4 is 59.7 Å². The van der Waals surface area contributed by atoms with Crippen LogP contribution in [0.5, 0.6) is 0 Å². The molecule has 15 N–H and O–H groups in total. The largest absolute Gasteiger partial charge is 0.481 e. The molecule has 0 saturated heterocycles. The van der Waals surface area contributed by atoms with Gasteiger partial charge in [0.05, 0.1) is 25.0 Å². The van der Waals surface area contributed by atoms with Gasteiger partial charge < -0.3 is 64.8 Å². The topological polar surface area (TPSA) is 378 Å². The van der Waals surface area contributed by atoms with Crippen LogP contribution in [0.2, 0.25) is 0 Å². The van der Waals surface area contributed by atoms with Crippen molar-refractivity contribution in [1.29, 1.82) is 0 Å². The number of carbonyl (C=O) groups excluding carboxylic acids is 9. The number of hydrogen-bond donors (Lipinski definition) is 15. The summed E-state index contributed by atoms with van der Waals surface area (Å²) in [5.41, 5.74) is 17.4. The van der Waals surface area contributed by atoms with E-state index in [9.17, 15) is 53.1 Å². The highest BCUT2D eigenvalue weighted by molar-refractivity contribution is 7.80. The molecule has 7 atom stereocenters. The Kier molecular flexibility index (Phi) is 28.4. The molecular formula is C40H64N12O11S3. The molecule has 23 nitrogen and oxygen atoms in total. The van der Waals surface area contributed by atoms with Crippen LogP contribution in [0.1, 0.15) is 64.4 Å². The van der Waals surface area contributed by atoms with Gasteiger partial charge in [-0.3, -0.25) is 52.9 Å². The summed E-state index contributed by atoms with van der Waals surface area (Å²) in [6.45, 7) is 2.64. The van der Waals surface area contributed by atoms with E-state index in [1.807, 2.05) is 0 Å². The summed E-state index contributed by atoms with van der Waals surface area (Å²) < 4.78 is 0. The molecule has 1 aromatic carbocycles. The zero-order valence-corrected chi connectivity index (χ0v) is 39.6. The maximum absolute atomic E-state index is 13.5. The van der Waals surface area contributed by atoms with Crippen molar-refractivity contribution < 1.29 is 53.1 Å². The average molecular weight is 985 g/mol. The molecule has 0 aliphatic heterocycles. The Hall–Kier alpha value is -5.60. The van der Waals surface area contributed by atoms with E-state index in [1.165, 1.54) is 6.92 Å². The molecule has 66 heavy (non-hydrogen) atoms. The second-order valence-electron chi connectivity index (χ2n) is 14.8. The Morgan fingerprint density at radius 1 is 0.621 bits per heavy atom. The molecule has 0 fully saturated rings. The van der Waals surface area contributed by atoms with Gasteiger partial charge in [-0.15, -0.1) is 0 Å². The lowest BCUT2D eigenvalue weighted by Crippen LogP contribution is -2.59. The van der Waals surface area contributed by atoms with Crippen molar-refractivity contribution in [2.75, 3.05) is 36.9 Å². The Morgan fingerprint density at radius 3 is 1.70 bits per heavy atom. The third-order valence-corrected chi connectivity index (χ3v) is 10.6. The standard InChI is InChI=1S/C40H64N12O11S3/c1-3-31(54)44-14-8-7-12-24(41)34(58)51-29(20-65)38(62)48-25(13-9-15-45-40(42)43)35(59)46-18-32(55)47-27(17-33(56)57)37(61)52-30(21-66)39(63)49-26(16-23-10-5-4-6-11-23)36(60)50-28(19-64)22(2)53/h4-6,10-11,24-30,64-66H,3,7-9,12-21,41H2,1-2H3,(H,44,54)(H,46,59)(H,47,55)(H,48,62)(H,49,63)(H,50,60)(H,51,58)(H,52,61)(H,56,57)(H4,42,43,45). The number of nitrogens with two attached hydrogens (primary N) is 3. The number of thiol groups is 3. The number of nitrogens with zero attached hydrogens (tertiary/aromatic N) is 1. The smallest absolute Gasteiger partial charge is 0.305 e. The second-order valence-corrected chi connectivity index (χ2v) is 15.9. The number of aliphatic imine (C=N–C) groups is 1. The minimum atomic E-state index is -1.78. The molecule has 1 aromatic rings. The van der Waals surface area contributed by atoms with Crippen molar-refractivity contribution in [3.63, 3.8) is 0 Å². The minimum Gasteiger partial charge on any atom is -0.481 e. The van der Waals surface area contributed by atoms with Crippen LogP contribution in [0, 0.1) is 0 Å². The Bertz CT molecular complexity index is 1840. The molecule has 368 valence electrons. The molecule has 7 unspecified atom stereocenters. The van der Waals surface area contributed by atoms with Gasteiger partial charge in [0.25, 0.3) is 0 Å². The number of unbranched alkanes of at least 4 members (excludes halogenated alkanes) is 1. The SMILES string of the molecule is CCC(=O)NCCCCC(N)C(=O)NC(CS)C(=O)NC(CCCN=C(N)N)C(=O)NCC(=O)NC(CC(=O)O)C(=O)NC(CS)C(=O)NC(Cc1ccccc1)C(=O)NC(CS)C(C)=O. The third kappa shape index (κ3) is 23.5. The number of Topliss-reactive ketones (excluding diaryl/α,β-unsaturated/α-hetero) is 1. The minimum absolute atomic E-state index is 0.0138. The molecule has 0 aliphatic carbocycles. The first-order valence-corrected chi connectivity index (χ1v) is 22.9. The van der Waals surface area contributed by atoms with E-state index < -0.39 is 103 Å². The summed E-state index contributed by atoms with van der Waals surface area (Å²) in [5, 5.41) is 29.2. The predicted octanol–water partition coefficient (Wildman–Crippen LogP) is -3.82. The van der Waals surface area contributed by atoms with Gasteiger partial charge in [-0.2, -0.15) is 37.9 Å². The number of carbonyl (C=O) groups is 10. The van der Waals surface area contributed by atoms with Crippen LogP contribution in [0.3, 0.4) is 0 Å². The summed E-state index contributed by atoms with van der Waals surface area (Å²) in [4.78, 5) is 132. The van der Waals surface area contributed by atoms with Crippen molar-refractivity contribution in [2.24, 2.45) is 22.2 Å². The van der Waals surface area contributed by atoms with Gasteiger partial charge >= 0.3 is 5.97 Å². The van der Waals surface area contributed by atoms with E-state index in [1.54, 1.807) is 37.3 Å². The first kappa shape index (κ1) is 58.4. The van der Waals surface area contributed by atoms with Crippen LogP contribution in [0.15, 0.2) is 35.3 Å². The maximum Gasteiger partial charge on any atom is 0.305 e. The molecular weight excluding hydrogens is 921 g/mol. The van der Waals surface area contributed by atoms with Crippen LogP contribution in [-0.2, 0) is 54.4 Å². The predicted molar refractivity (Wildman–Crippen MR) is 254 cm³/mol. The summed E-state index contributed by atoms with van der Waals surface area (Å²) in [7, 11) is 0. The van der Waals surface area contributed by atoms with E-state index in [2.05, 4.69) is 85.4 Å². The van der Waals surface area contributed by atoms with Crippen LogP contribution >= 0.6 is 37.9 Å². The fourth-order valence-corrected chi connectivity index (χ4v) is 6.62. The number of ketones is 1. The molecule has 0 bridgehead atoms. The number of rotatable bonds is 32. The lowest BCUT2D eigenvalue weighted by Gasteiger charge is -2.25. The van der Waals surface area contributed by atoms with Gasteiger partial charge in [0.15, 0.2) is 11.7 Å². The fraction of sp³-hybridized carbons (Fsp3) is 0.575. The summed E-state index contributed by atoms with van der Waals surface area (Å²) >= 11 is 12.4. The van der Waals surface area contributed by atoms with Gasteiger partial charge in [-0.25, -0.2) is 0 Å². The van der Waals surface area contributed by atoms with E-state index in [4.69, 9.17) is 17.2 Å². The monoisotopic (exact) mass is 984 g/mol. The van der Waals surface area contributed by atoms with Crippen molar-refractivity contribution in [1.82, 2.24) is 42.5 Å². The number of nitrogens with one attached hydrogen (secondary N) is 8. The number of aliphatic carboxylic acids is 1. The first-order valence-electron chi connectivity index (χ1n) is 21.0. The van der Waals surface area contributed by atoms with E-state index in [0.29, 0.717) is 31.4 Å². The highest BCUT2D eigenvalue weighted by atomic mass is 32.1. The molecule has 1 rings (SSSR count). The quantitative estimate of drug-likeness (QED) is 0.0143. The van der Waals surface area contributed by atoms with Gasteiger partial charge in [0.1, 0.15) is 30.2 Å². The Morgan fingerprint density at radius 2 is 1.15 bits per heavy atom. The zero-order valence-electron chi connectivity index (χ0n) is 36.9. The summed E-state index contributed by atoms with van der Waals surface area (Å²) in [6.07, 6.45) is 0.809. The third-order valence-electron chi connectivity index (χ3n) is 9.49. The van der Waals surface area contributed by atoms with E-state index in [0.717, 1.165) is 0 Å². The number of amides is 8. The molecule has 0 heterocycles. The van der Waals surface area contributed by atoms with Crippen molar-refractivity contribution in [3.8, 4) is 0 Å². The van der Waals surface area contributed by atoms with Crippen molar-refractivity contribution >= 4 is 103 Å². The Balaban J connectivity index is 3.06. The van der Waals surface area contributed by atoms with Crippen LogP contribution in [-0.4, -0.2) is 149 Å². The first-order chi connectivity index (χ1) is 31.3. The van der Waals surface area contributed by atoms with E-state index in [-0.39, 0.29) is 67.1 Å². The summed E-state index contributed by atoms with van der Waals surface area (Å²) in [5.74, 6) is -8.87. The molecule has 0 radical (unpaired) electrons. The molecule has 8 amide bonds. The van der Waals surface area contributed by atoms with Gasteiger partial charge in [-0.05, 0) is 44.6 Å². The van der Waals surface area contributed by atoms with Gasteiger partial charge in [0.2, 0.25) is 47.3 Å². The Labute approximate surface area is 399 Å². The molecule has 26 heteroatoms. The zero-order chi connectivity index (χ0) is 49.8. The molecule has 0 aliphatic rings. The van der Waals surface area contributed by atoms with Gasteiger partial charge in [0, 0.05) is 43.2 Å². The van der Waals surface area contributed by atoms with Gasteiger partial charge in [-0.1, -0.05) is 37.3 Å². The number of benzene rings is 1. The highest BCUT2D eigenvalue weighted by Gasteiger charge is 2.32. The van der Waals surface area contributed by atoms with Crippen molar-refractivity contribution in [2.45, 2.75) is 108 Å². The number of carboxylic acid groups (broad SMARTS) is 1. The summed E-state index contributed by atoms with van der Waals surface area (Å²) in [6, 6.07) is -0.377. The molecule has 0 spiro atoms. The van der Waals surface area contributed by atoms with Crippen molar-refractivity contribution in [3.05, 3.63) is 35.9 Å². The number of guanidine groups is 1. The number of hydrogen-bond acceptors (Lipinski definition) is 15. The highest BCUT2D eigenvalue weighted by Crippen LogP contribution is 2.07. The number of carboxylic acids is 1. The second kappa shape index (κ2) is 32.1. The average Bonchev–Trinajstić information content (AvgIpc) is 3.27.